The maximum Gasteiger partial charge on any atom is 0.220 e. The Hall–Kier alpha value is -1.13. The fourth-order valence-corrected chi connectivity index (χ4v) is 5.90. The van der Waals surface area contributed by atoms with Gasteiger partial charge in [0.2, 0.25) is 5.91 Å². The molecule has 0 rings (SSSR count). The highest BCUT2D eigenvalue weighted by Crippen LogP contribution is 2.14. The van der Waals surface area contributed by atoms with E-state index >= 15 is 0 Å². The van der Waals surface area contributed by atoms with Crippen LogP contribution in [0.5, 0.6) is 0 Å². The van der Waals surface area contributed by atoms with Crippen molar-refractivity contribution in [1.82, 2.24) is 5.32 Å². The Morgan fingerprint density at radius 2 is 0.886 bits per heavy atom. The summed E-state index contributed by atoms with van der Waals surface area (Å²) in [5.41, 5.74) is 0. The smallest absolute Gasteiger partial charge is 0.220 e. The molecular weight excluding hydrogens is 542 g/mol. The molecule has 0 aliphatic heterocycles. The standard InChI is InChI=1S/C40H77NO3/c1-3-5-7-9-11-13-15-17-18-19-20-21-22-24-25-27-29-31-33-35-39(43)38(37-42)41-40(44)36-34-32-30-28-26-23-16-14-12-10-8-6-4-2/h25,27,33,35,38-39,42-43H,3-24,26,28-32,34,36-37H2,1-2H3,(H,41,44)/b27-25+,35-33+. The lowest BCUT2D eigenvalue weighted by Gasteiger charge is -2.19. The third kappa shape index (κ3) is 32.3. The number of allylic oxidation sites excluding steroid dienone is 3. The van der Waals surface area contributed by atoms with Crippen molar-refractivity contribution in [2.24, 2.45) is 0 Å². The maximum atomic E-state index is 12.3. The average Bonchev–Trinajstić information content (AvgIpc) is 3.03. The highest BCUT2D eigenvalue weighted by Gasteiger charge is 2.17. The van der Waals surface area contributed by atoms with Crippen LogP contribution in [-0.2, 0) is 4.79 Å². The first-order valence-corrected chi connectivity index (χ1v) is 19.6. The summed E-state index contributed by atoms with van der Waals surface area (Å²) in [6.45, 7) is 4.29. The third-order valence-corrected chi connectivity index (χ3v) is 8.94. The summed E-state index contributed by atoms with van der Waals surface area (Å²) in [6, 6.07) is -0.633. The van der Waals surface area contributed by atoms with Gasteiger partial charge in [0.15, 0.2) is 0 Å². The van der Waals surface area contributed by atoms with Crippen molar-refractivity contribution >= 4 is 5.91 Å². The zero-order chi connectivity index (χ0) is 32.2. The molecule has 0 aliphatic carbocycles. The maximum absolute atomic E-state index is 12.3. The molecule has 0 saturated carbocycles. The van der Waals surface area contributed by atoms with Crippen LogP contribution in [0.2, 0.25) is 0 Å². The summed E-state index contributed by atoms with van der Waals surface area (Å²) in [7, 11) is 0. The Balaban J connectivity index is 3.63. The van der Waals surface area contributed by atoms with Gasteiger partial charge in [0.05, 0.1) is 18.8 Å². The number of hydrogen-bond donors (Lipinski definition) is 3. The predicted octanol–water partition coefficient (Wildman–Crippen LogP) is 11.7. The zero-order valence-electron chi connectivity index (χ0n) is 29.7. The number of carbonyl (C=O) groups excluding carboxylic acids is 1. The van der Waals surface area contributed by atoms with E-state index in [1.54, 1.807) is 6.08 Å². The largest absolute Gasteiger partial charge is 0.394 e. The van der Waals surface area contributed by atoms with Crippen molar-refractivity contribution in [2.75, 3.05) is 6.61 Å². The fourth-order valence-electron chi connectivity index (χ4n) is 5.90. The first kappa shape index (κ1) is 42.9. The Kier molecular flexibility index (Phi) is 35.4. The van der Waals surface area contributed by atoms with Crippen LogP contribution in [0.3, 0.4) is 0 Å². The molecule has 0 aromatic heterocycles. The normalized spacial score (nSPS) is 13.3. The molecule has 0 fully saturated rings. The number of aliphatic hydroxyl groups excluding tert-OH is 2. The summed E-state index contributed by atoms with van der Waals surface area (Å²) in [5.74, 6) is -0.0735. The van der Waals surface area contributed by atoms with Gasteiger partial charge in [0.1, 0.15) is 0 Å². The van der Waals surface area contributed by atoms with Crippen LogP contribution in [0, 0.1) is 0 Å². The lowest BCUT2D eigenvalue weighted by Crippen LogP contribution is -2.45. The van der Waals surface area contributed by atoms with Crippen molar-refractivity contribution in [1.29, 1.82) is 0 Å². The average molecular weight is 620 g/mol. The van der Waals surface area contributed by atoms with E-state index < -0.39 is 12.1 Å². The molecule has 3 N–H and O–H groups in total. The second kappa shape index (κ2) is 36.3. The molecule has 1 amide bonds. The Morgan fingerprint density at radius 1 is 0.523 bits per heavy atom. The van der Waals surface area contributed by atoms with E-state index in [-0.39, 0.29) is 12.5 Å². The topological polar surface area (TPSA) is 69.6 Å². The Morgan fingerprint density at radius 3 is 1.32 bits per heavy atom. The lowest BCUT2D eigenvalue weighted by atomic mass is 10.0. The molecule has 0 aliphatic rings. The van der Waals surface area contributed by atoms with Crippen LogP contribution in [0.25, 0.3) is 0 Å². The molecule has 2 unspecified atom stereocenters. The van der Waals surface area contributed by atoms with Crippen LogP contribution in [0.15, 0.2) is 24.3 Å². The molecule has 4 heteroatoms. The van der Waals surface area contributed by atoms with Gasteiger partial charge >= 0.3 is 0 Å². The van der Waals surface area contributed by atoms with E-state index in [2.05, 4.69) is 31.3 Å². The van der Waals surface area contributed by atoms with E-state index in [0.29, 0.717) is 6.42 Å². The second-order valence-corrected chi connectivity index (χ2v) is 13.3. The summed E-state index contributed by atoms with van der Waals surface area (Å²) in [4.78, 5) is 12.3. The Labute approximate surface area is 275 Å². The molecule has 260 valence electrons. The number of rotatable bonds is 35. The van der Waals surface area contributed by atoms with Crippen molar-refractivity contribution in [2.45, 2.75) is 219 Å². The predicted molar refractivity (Wildman–Crippen MR) is 193 cm³/mol. The molecule has 44 heavy (non-hydrogen) atoms. The van der Waals surface area contributed by atoms with Gasteiger partial charge in [-0.15, -0.1) is 0 Å². The molecule has 0 heterocycles. The second-order valence-electron chi connectivity index (χ2n) is 13.3. The number of aliphatic hydroxyl groups is 2. The van der Waals surface area contributed by atoms with Crippen LogP contribution >= 0.6 is 0 Å². The van der Waals surface area contributed by atoms with Crippen molar-refractivity contribution in [3.63, 3.8) is 0 Å². The van der Waals surface area contributed by atoms with Crippen LogP contribution in [-0.4, -0.2) is 34.9 Å². The fraction of sp³-hybridized carbons (Fsp3) is 0.875. The highest BCUT2D eigenvalue weighted by atomic mass is 16.3. The van der Waals surface area contributed by atoms with E-state index in [4.69, 9.17) is 0 Å². The first-order valence-electron chi connectivity index (χ1n) is 19.6. The molecule has 0 saturated heterocycles. The zero-order valence-corrected chi connectivity index (χ0v) is 29.7. The number of carbonyl (C=O) groups is 1. The minimum absolute atomic E-state index is 0.0735. The Bertz CT molecular complexity index is 632. The quantitative estimate of drug-likeness (QED) is 0.0488. The van der Waals surface area contributed by atoms with Crippen LogP contribution < -0.4 is 5.32 Å². The summed E-state index contributed by atoms with van der Waals surface area (Å²) < 4.78 is 0. The number of unbranched alkanes of at least 4 members (excludes halogenated alkanes) is 26. The van der Waals surface area contributed by atoms with E-state index in [1.807, 2.05) is 6.08 Å². The monoisotopic (exact) mass is 620 g/mol. The van der Waals surface area contributed by atoms with Gasteiger partial charge in [-0.2, -0.15) is 0 Å². The molecule has 0 aromatic carbocycles. The molecule has 0 radical (unpaired) electrons. The number of amides is 1. The first-order chi connectivity index (χ1) is 21.7. The van der Waals surface area contributed by atoms with Gasteiger partial charge in [-0.3, -0.25) is 4.79 Å². The molecule has 2 atom stereocenters. The van der Waals surface area contributed by atoms with Crippen LogP contribution in [0.1, 0.15) is 206 Å². The third-order valence-electron chi connectivity index (χ3n) is 8.94. The van der Waals surface area contributed by atoms with Gasteiger partial charge in [-0.1, -0.05) is 192 Å². The van der Waals surface area contributed by atoms with Crippen molar-refractivity contribution < 1.29 is 15.0 Å². The lowest BCUT2D eigenvalue weighted by molar-refractivity contribution is -0.123. The molecule has 4 nitrogen and oxygen atoms in total. The molecular formula is C40H77NO3. The summed E-state index contributed by atoms with van der Waals surface area (Å²) >= 11 is 0. The number of hydrogen-bond acceptors (Lipinski definition) is 3. The molecule has 0 spiro atoms. The minimum atomic E-state index is -0.856. The van der Waals surface area contributed by atoms with Gasteiger partial charge in [-0.05, 0) is 32.1 Å². The highest BCUT2D eigenvalue weighted by molar-refractivity contribution is 5.76. The number of nitrogens with one attached hydrogen (secondary N) is 1. The van der Waals surface area contributed by atoms with E-state index in [0.717, 1.165) is 32.1 Å². The SMILES string of the molecule is CCCCCCCCCCCCCCC/C=C/CC/C=C/C(O)C(CO)NC(=O)CCCCCCCCCCCCCCC. The van der Waals surface area contributed by atoms with Crippen LogP contribution in [0.4, 0.5) is 0 Å². The van der Waals surface area contributed by atoms with Gasteiger partial charge < -0.3 is 15.5 Å². The van der Waals surface area contributed by atoms with Crippen molar-refractivity contribution in [3.05, 3.63) is 24.3 Å². The van der Waals surface area contributed by atoms with E-state index in [9.17, 15) is 15.0 Å². The summed E-state index contributed by atoms with van der Waals surface area (Å²) in [6.07, 6.45) is 45.6. The summed E-state index contributed by atoms with van der Waals surface area (Å²) in [5, 5.41) is 22.9. The van der Waals surface area contributed by atoms with Gasteiger partial charge in [0, 0.05) is 6.42 Å². The minimum Gasteiger partial charge on any atom is -0.394 e. The van der Waals surface area contributed by atoms with Crippen molar-refractivity contribution in [3.8, 4) is 0 Å². The molecule has 0 aromatic rings. The van der Waals surface area contributed by atoms with Gasteiger partial charge in [-0.25, -0.2) is 0 Å². The molecule has 0 bridgehead atoms. The van der Waals surface area contributed by atoms with E-state index in [1.165, 1.54) is 154 Å². The van der Waals surface area contributed by atoms with Gasteiger partial charge in [0.25, 0.3) is 0 Å².